The first-order chi connectivity index (χ1) is 9.49. The molecule has 1 N–H and O–H groups in total. The predicted octanol–water partition coefficient (Wildman–Crippen LogP) is 4.19. The van der Waals surface area contributed by atoms with Crippen molar-refractivity contribution in [2.75, 3.05) is 0 Å². The molecule has 2 aromatic rings. The number of rotatable bonds is 4. The number of halogens is 2. The smallest absolute Gasteiger partial charge is 0.335 e. The Morgan fingerprint density at radius 2 is 2.00 bits per heavy atom. The number of benzene rings is 1. The van der Waals surface area contributed by atoms with E-state index in [2.05, 4.69) is 36.8 Å². The van der Waals surface area contributed by atoms with Gasteiger partial charge in [-0.25, -0.2) is 4.79 Å². The molecule has 0 amide bonds. The van der Waals surface area contributed by atoms with Crippen molar-refractivity contribution in [1.82, 2.24) is 4.98 Å². The van der Waals surface area contributed by atoms with Crippen LogP contribution in [0.5, 0.6) is 5.75 Å². The van der Waals surface area contributed by atoms with Gasteiger partial charge in [0.2, 0.25) is 0 Å². The molecule has 104 valence electrons. The number of carboxylic acid groups (broad SMARTS) is 1. The Labute approximate surface area is 133 Å². The number of carbonyl (C=O) groups is 1. The molecule has 0 aliphatic rings. The quantitative estimate of drug-likeness (QED) is 0.835. The van der Waals surface area contributed by atoms with Crippen molar-refractivity contribution in [1.29, 1.82) is 0 Å². The fraction of sp³-hybridized carbons (Fsp3) is 0.143. The van der Waals surface area contributed by atoms with Crippen molar-refractivity contribution < 1.29 is 14.6 Å². The van der Waals surface area contributed by atoms with E-state index >= 15 is 0 Å². The average Bonchev–Trinajstić information content (AvgIpc) is 2.39. The summed E-state index contributed by atoms with van der Waals surface area (Å²) in [5.74, 6) is -0.432. The monoisotopic (exact) mass is 399 g/mol. The van der Waals surface area contributed by atoms with E-state index in [0.29, 0.717) is 21.3 Å². The van der Waals surface area contributed by atoms with Crippen molar-refractivity contribution in [3.05, 3.63) is 56.2 Å². The van der Waals surface area contributed by atoms with Gasteiger partial charge in [0.05, 0.1) is 20.2 Å². The largest absolute Gasteiger partial charge is 0.485 e. The second kappa shape index (κ2) is 6.37. The fourth-order valence-electron chi connectivity index (χ4n) is 1.63. The highest BCUT2D eigenvalue weighted by Gasteiger charge is 2.13. The van der Waals surface area contributed by atoms with Crippen molar-refractivity contribution in [2.45, 2.75) is 13.5 Å². The lowest BCUT2D eigenvalue weighted by atomic mass is 10.2. The van der Waals surface area contributed by atoms with Crippen LogP contribution in [-0.4, -0.2) is 16.1 Å². The van der Waals surface area contributed by atoms with Crippen molar-refractivity contribution in [2.24, 2.45) is 0 Å². The van der Waals surface area contributed by atoms with E-state index in [1.807, 2.05) is 19.1 Å². The molecule has 1 aromatic carbocycles. The maximum absolute atomic E-state index is 10.9. The molecule has 0 aliphatic heterocycles. The fourth-order valence-corrected chi connectivity index (χ4v) is 3.05. The maximum atomic E-state index is 10.9. The molecule has 0 atom stereocenters. The Morgan fingerprint density at radius 3 is 2.55 bits per heavy atom. The van der Waals surface area contributed by atoms with Crippen LogP contribution in [0.15, 0.2) is 39.4 Å². The third-order valence-electron chi connectivity index (χ3n) is 2.72. The van der Waals surface area contributed by atoms with E-state index in [9.17, 15) is 4.79 Å². The highest BCUT2D eigenvalue weighted by molar-refractivity contribution is 9.11. The molecule has 0 aliphatic carbocycles. The predicted molar refractivity (Wildman–Crippen MR) is 82.1 cm³/mol. The number of carboxylic acids is 1. The van der Waals surface area contributed by atoms with Crippen LogP contribution in [0.4, 0.5) is 0 Å². The first-order valence-corrected chi connectivity index (χ1v) is 7.33. The normalized spacial score (nSPS) is 10.3. The lowest BCUT2D eigenvalue weighted by Gasteiger charge is -2.12. The SMILES string of the molecule is Cc1cccnc1COc1c(Br)cc(C(=O)O)cc1Br. The molecule has 20 heavy (non-hydrogen) atoms. The zero-order valence-corrected chi connectivity index (χ0v) is 13.7. The zero-order valence-electron chi connectivity index (χ0n) is 10.6. The number of aromatic carboxylic acids is 1. The molecule has 0 unspecified atom stereocenters. The van der Waals surface area contributed by atoms with Crippen LogP contribution in [0.2, 0.25) is 0 Å². The van der Waals surface area contributed by atoms with Gasteiger partial charge >= 0.3 is 5.97 Å². The first kappa shape index (κ1) is 15.0. The Kier molecular flexibility index (Phi) is 4.77. The minimum absolute atomic E-state index is 0.185. The summed E-state index contributed by atoms with van der Waals surface area (Å²) in [4.78, 5) is 15.2. The molecule has 1 heterocycles. The van der Waals surface area contributed by atoms with E-state index in [0.717, 1.165) is 11.3 Å². The molecule has 0 saturated carbocycles. The topological polar surface area (TPSA) is 59.4 Å². The van der Waals surface area contributed by atoms with Gasteiger partial charge in [0.1, 0.15) is 12.4 Å². The van der Waals surface area contributed by atoms with Gasteiger partial charge in [0.15, 0.2) is 0 Å². The second-order valence-corrected chi connectivity index (χ2v) is 5.84. The highest BCUT2D eigenvalue weighted by Crippen LogP contribution is 2.35. The Morgan fingerprint density at radius 1 is 1.35 bits per heavy atom. The average molecular weight is 401 g/mol. The summed E-state index contributed by atoms with van der Waals surface area (Å²) in [6, 6.07) is 6.84. The van der Waals surface area contributed by atoms with Crippen LogP contribution in [0, 0.1) is 6.92 Å². The van der Waals surface area contributed by atoms with Crippen LogP contribution in [0.3, 0.4) is 0 Å². The van der Waals surface area contributed by atoms with Crippen molar-refractivity contribution >= 4 is 37.8 Å². The third-order valence-corrected chi connectivity index (χ3v) is 3.89. The molecular weight excluding hydrogens is 390 g/mol. The van der Waals surface area contributed by atoms with E-state index in [-0.39, 0.29) is 5.56 Å². The van der Waals surface area contributed by atoms with Gasteiger partial charge in [-0.15, -0.1) is 0 Å². The number of aromatic nitrogens is 1. The van der Waals surface area contributed by atoms with E-state index < -0.39 is 5.97 Å². The Bertz CT molecular complexity index is 636. The standard InChI is InChI=1S/C14H11Br2NO3/c1-8-3-2-4-17-12(8)7-20-13-10(15)5-9(14(18)19)6-11(13)16/h2-6H,7H2,1H3,(H,18,19). The summed E-state index contributed by atoms with van der Waals surface area (Å²) in [5.41, 5.74) is 2.07. The Balaban J connectivity index is 2.22. The molecule has 0 fully saturated rings. The van der Waals surface area contributed by atoms with Crippen LogP contribution in [0.1, 0.15) is 21.6 Å². The number of aryl methyl sites for hydroxylation is 1. The number of hydrogen-bond donors (Lipinski definition) is 1. The van der Waals surface area contributed by atoms with Crippen LogP contribution < -0.4 is 4.74 Å². The van der Waals surface area contributed by atoms with Crippen LogP contribution in [0.25, 0.3) is 0 Å². The third kappa shape index (κ3) is 3.37. The molecule has 0 saturated heterocycles. The maximum Gasteiger partial charge on any atom is 0.335 e. The summed E-state index contributed by atoms with van der Waals surface area (Å²) < 4.78 is 6.88. The summed E-state index contributed by atoms with van der Waals surface area (Å²) in [6.45, 7) is 2.28. The van der Waals surface area contributed by atoms with E-state index in [1.165, 1.54) is 12.1 Å². The highest BCUT2D eigenvalue weighted by atomic mass is 79.9. The minimum Gasteiger partial charge on any atom is -0.485 e. The van der Waals surface area contributed by atoms with Gasteiger partial charge in [-0.05, 0) is 62.5 Å². The minimum atomic E-state index is -0.987. The summed E-state index contributed by atoms with van der Waals surface area (Å²) in [6.07, 6.45) is 1.71. The molecule has 0 bridgehead atoms. The number of pyridine rings is 1. The number of hydrogen-bond acceptors (Lipinski definition) is 3. The van der Waals surface area contributed by atoms with Gasteiger partial charge in [-0.1, -0.05) is 6.07 Å². The van der Waals surface area contributed by atoms with Gasteiger partial charge in [0, 0.05) is 6.20 Å². The second-order valence-electron chi connectivity index (χ2n) is 4.13. The van der Waals surface area contributed by atoms with E-state index in [1.54, 1.807) is 6.20 Å². The molecule has 0 spiro atoms. The molecule has 0 radical (unpaired) electrons. The van der Waals surface area contributed by atoms with Crippen molar-refractivity contribution in [3.8, 4) is 5.75 Å². The van der Waals surface area contributed by atoms with Gasteiger partial charge in [0.25, 0.3) is 0 Å². The molecule has 1 aromatic heterocycles. The van der Waals surface area contributed by atoms with Crippen molar-refractivity contribution in [3.63, 3.8) is 0 Å². The molecule has 6 heteroatoms. The lowest BCUT2D eigenvalue weighted by molar-refractivity contribution is 0.0696. The summed E-state index contributed by atoms with van der Waals surface area (Å²) in [7, 11) is 0. The first-order valence-electron chi connectivity index (χ1n) is 5.74. The van der Waals surface area contributed by atoms with Gasteiger partial charge < -0.3 is 9.84 Å². The molecule has 2 rings (SSSR count). The molecule has 4 nitrogen and oxygen atoms in total. The summed E-state index contributed by atoms with van der Waals surface area (Å²) in [5, 5.41) is 8.98. The lowest BCUT2D eigenvalue weighted by Crippen LogP contribution is -2.03. The zero-order chi connectivity index (χ0) is 14.7. The summed E-state index contributed by atoms with van der Waals surface area (Å²) >= 11 is 6.64. The Hall–Kier alpha value is -1.40. The van der Waals surface area contributed by atoms with Crippen LogP contribution >= 0.6 is 31.9 Å². The molecular formula is C14H11Br2NO3. The number of nitrogens with zero attached hydrogens (tertiary/aromatic N) is 1. The van der Waals surface area contributed by atoms with E-state index in [4.69, 9.17) is 9.84 Å². The van der Waals surface area contributed by atoms with Crippen LogP contribution in [-0.2, 0) is 6.61 Å². The van der Waals surface area contributed by atoms with Gasteiger partial charge in [-0.2, -0.15) is 0 Å². The number of ether oxygens (including phenoxy) is 1. The van der Waals surface area contributed by atoms with Gasteiger partial charge in [-0.3, -0.25) is 4.98 Å².